The molecule has 0 spiro atoms. The fourth-order valence-electron chi connectivity index (χ4n) is 5.09. The van der Waals surface area contributed by atoms with Gasteiger partial charge in [-0.25, -0.2) is 0 Å². The summed E-state index contributed by atoms with van der Waals surface area (Å²) in [5.74, 6) is 0. The monoisotopic (exact) mass is 390 g/mol. The molecular formula is C30H30. The lowest BCUT2D eigenvalue weighted by Crippen LogP contribution is -2.00. The predicted octanol–water partition coefficient (Wildman–Crippen LogP) is 8.49. The first-order chi connectivity index (χ1) is 14.8. The molecule has 0 aliphatic heterocycles. The molecule has 0 radical (unpaired) electrons. The zero-order valence-corrected chi connectivity index (χ0v) is 18.0. The number of fused-ring (bicyclic) bond motifs is 1. The summed E-state index contributed by atoms with van der Waals surface area (Å²) in [4.78, 5) is 0. The minimum Gasteiger partial charge on any atom is -0.0654 e. The normalized spacial score (nSPS) is 13.4. The highest BCUT2D eigenvalue weighted by molar-refractivity contribution is 6.23. The molecule has 0 N–H and O–H groups in total. The highest BCUT2D eigenvalue weighted by Crippen LogP contribution is 2.36. The second-order valence-corrected chi connectivity index (χ2v) is 8.66. The first-order valence-corrected chi connectivity index (χ1v) is 11.6. The van der Waals surface area contributed by atoms with Gasteiger partial charge in [-0.3, -0.25) is 0 Å². The molecule has 0 bridgehead atoms. The van der Waals surface area contributed by atoms with Crippen molar-refractivity contribution >= 4 is 32.3 Å². The third kappa shape index (κ3) is 3.56. The van der Waals surface area contributed by atoms with Gasteiger partial charge < -0.3 is 0 Å². The second-order valence-electron chi connectivity index (χ2n) is 8.66. The lowest BCUT2D eigenvalue weighted by atomic mass is 9.90. The number of unbranched alkanes of at least 4 members (excludes halogenated alkanes) is 1. The zero-order chi connectivity index (χ0) is 20.3. The first-order valence-electron chi connectivity index (χ1n) is 11.6. The summed E-state index contributed by atoms with van der Waals surface area (Å²) < 4.78 is 0. The van der Waals surface area contributed by atoms with Crippen molar-refractivity contribution in [2.75, 3.05) is 0 Å². The number of benzene rings is 5. The summed E-state index contributed by atoms with van der Waals surface area (Å²) in [5.41, 5.74) is 4.66. The van der Waals surface area contributed by atoms with E-state index >= 15 is 0 Å². The number of aryl methyl sites for hydroxylation is 3. The molecule has 0 heterocycles. The van der Waals surface area contributed by atoms with Crippen LogP contribution in [0.4, 0.5) is 0 Å². The summed E-state index contributed by atoms with van der Waals surface area (Å²) in [6, 6.07) is 29.1. The van der Waals surface area contributed by atoms with E-state index in [1.165, 1.54) is 82.8 Å². The smallest absolute Gasteiger partial charge is 0.00240 e. The minimum atomic E-state index is 1.18. The van der Waals surface area contributed by atoms with Gasteiger partial charge in [-0.2, -0.15) is 0 Å². The summed E-state index contributed by atoms with van der Waals surface area (Å²) in [6.07, 6.45) is 9.07. The van der Waals surface area contributed by atoms with Gasteiger partial charge in [0, 0.05) is 0 Å². The van der Waals surface area contributed by atoms with Crippen LogP contribution < -0.4 is 0 Å². The summed E-state index contributed by atoms with van der Waals surface area (Å²) >= 11 is 0. The molecule has 0 amide bonds. The van der Waals surface area contributed by atoms with Crippen molar-refractivity contribution in [1.82, 2.24) is 0 Å². The Morgan fingerprint density at radius 2 is 1.27 bits per heavy atom. The molecule has 0 saturated carbocycles. The summed E-state index contributed by atoms with van der Waals surface area (Å²) in [5, 5.41) is 8.44. The van der Waals surface area contributed by atoms with Crippen LogP contribution in [0.1, 0.15) is 49.3 Å². The molecule has 0 unspecified atom stereocenters. The van der Waals surface area contributed by atoms with Crippen LogP contribution in [0.15, 0.2) is 78.9 Å². The number of hydrogen-bond acceptors (Lipinski definition) is 0. The van der Waals surface area contributed by atoms with Gasteiger partial charge in [0.2, 0.25) is 0 Å². The second kappa shape index (κ2) is 8.48. The SMILES string of the molecule is CCCCc1cc2cccc3ccc4cccc1c4c32.c1ccc2c(c1)CCCC2. The van der Waals surface area contributed by atoms with Gasteiger partial charge in [-0.15, -0.1) is 0 Å². The van der Waals surface area contributed by atoms with E-state index in [0.29, 0.717) is 0 Å². The molecule has 30 heavy (non-hydrogen) atoms. The largest absolute Gasteiger partial charge is 0.0654 e. The van der Waals surface area contributed by atoms with E-state index in [4.69, 9.17) is 0 Å². The first kappa shape index (κ1) is 19.1. The fourth-order valence-corrected chi connectivity index (χ4v) is 5.09. The van der Waals surface area contributed by atoms with Crippen LogP contribution in [0.3, 0.4) is 0 Å². The van der Waals surface area contributed by atoms with Crippen LogP contribution in [-0.4, -0.2) is 0 Å². The van der Waals surface area contributed by atoms with Crippen molar-refractivity contribution in [3.05, 3.63) is 95.6 Å². The molecule has 5 aromatic rings. The van der Waals surface area contributed by atoms with Gasteiger partial charge in [0.05, 0.1) is 0 Å². The molecule has 1 aliphatic rings. The maximum Gasteiger partial charge on any atom is -0.00240 e. The van der Waals surface area contributed by atoms with E-state index in [1.807, 2.05) is 0 Å². The Morgan fingerprint density at radius 3 is 1.97 bits per heavy atom. The molecule has 1 aliphatic carbocycles. The van der Waals surface area contributed by atoms with Crippen LogP contribution >= 0.6 is 0 Å². The Labute approximate surface area is 179 Å². The number of rotatable bonds is 3. The van der Waals surface area contributed by atoms with E-state index in [-0.39, 0.29) is 0 Å². The lowest BCUT2D eigenvalue weighted by molar-refractivity contribution is 0.685. The molecule has 0 atom stereocenters. The molecular weight excluding hydrogens is 360 g/mol. The van der Waals surface area contributed by atoms with Crippen LogP contribution in [-0.2, 0) is 19.3 Å². The Hall–Kier alpha value is -2.86. The average Bonchev–Trinajstić information content (AvgIpc) is 2.82. The van der Waals surface area contributed by atoms with Crippen molar-refractivity contribution in [3.8, 4) is 0 Å². The van der Waals surface area contributed by atoms with Gasteiger partial charge in [0.15, 0.2) is 0 Å². The molecule has 0 nitrogen and oxygen atoms in total. The van der Waals surface area contributed by atoms with E-state index in [0.717, 1.165) is 0 Å². The maximum absolute atomic E-state index is 2.40. The highest BCUT2D eigenvalue weighted by Gasteiger charge is 2.11. The predicted molar refractivity (Wildman–Crippen MR) is 132 cm³/mol. The third-order valence-electron chi connectivity index (χ3n) is 6.65. The van der Waals surface area contributed by atoms with E-state index in [9.17, 15) is 0 Å². The van der Waals surface area contributed by atoms with Gasteiger partial charge in [-0.05, 0) is 87.5 Å². The zero-order valence-electron chi connectivity index (χ0n) is 18.0. The minimum absolute atomic E-state index is 1.18. The molecule has 0 fully saturated rings. The lowest BCUT2D eigenvalue weighted by Gasteiger charge is -2.14. The standard InChI is InChI=1S/C20H18.C10H12/c1-2-3-6-16-13-17-9-4-7-14-11-12-15-8-5-10-18(16)20(15)19(14)17;1-2-6-10-8-4-3-7-9(10)5-1/h4-5,7-13H,2-3,6H2,1H3;1-2,5-6H,3-4,7-8H2. The van der Waals surface area contributed by atoms with Crippen LogP contribution in [0.25, 0.3) is 32.3 Å². The van der Waals surface area contributed by atoms with Crippen LogP contribution in [0.5, 0.6) is 0 Å². The van der Waals surface area contributed by atoms with Gasteiger partial charge in [-0.1, -0.05) is 92.2 Å². The Balaban J connectivity index is 0.000000161. The molecule has 5 aromatic carbocycles. The van der Waals surface area contributed by atoms with Crippen LogP contribution in [0, 0.1) is 0 Å². The van der Waals surface area contributed by atoms with Crippen molar-refractivity contribution in [3.63, 3.8) is 0 Å². The fraction of sp³-hybridized carbons (Fsp3) is 0.267. The quantitative estimate of drug-likeness (QED) is 0.271. The third-order valence-corrected chi connectivity index (χ3v) is 6.65. The molecule has 0 aromatic heterocycles. The maximum atomic E-state index is 2.40. The highest BCUT2D eigenvalue weighted by atomic mass is 14.1. The molecule has 0 heteroatoms. The van der Waals surface area contributed by atoms with E-state index in [2.05, 4.69) is 85.8 Å². The van der Waals surface area contributed by atoms with Gasteiger partial charge >= 0.3 is 0 Å². The van der Waals surface area contributed by atoms with Crippen molar-refractivity contribution in [1.29, 1.82) is 0 Å². The summed E-state index contributed by atoms with van der Waals surface area (Å²) in [7, 11) is 0. The van der Waals surface area contributed by atoms with Crippen molar-refractivity contribution in [2.24, 2.45) is 0 Å². The van der Waals surface area contributed by atoms with E-state index < -0.39 is 0 Å². The van der Waals surface area contributed by atoms with Gasteiger partial charge in [0.25, 0.3) is 0 Å². The Kier molecular flexibility index (Phi) is 5.41. The molecule has 150 valence electrons. The Bertz CT molecular complexity index is 1250. The Morgan fingerprint density at radius 1 is 0.633 bits per heavy atom. The average molecular weight is 391 g/mol. The summed E-state index contributed by atoms with van der Waals surface area (Å²) in [6.45, 7) is 2.26. The van der Waals surface area contributed by atoms with Crippen molar-refractivity contribution < 1.29 is 0 Å². The molecule has 6 rings (SSSR count). The van der Waals surface area contributed by atoms with E-state index in [1.54, 1.807) is 11.1 Å². The topological polar surface area (TPSA) is 0 Å². The number of hydrogen-bond donors (Lipinski definition) is 0. The van der Waals surface area contributed by atoms with Crippen LogP contribution in [0.2, 0.25) is 0 Å². The van der Waals surface area contributed by atoms with Crippen molar-refractivity contribution in [2.45, 2.75) is 51.9 Å². The van der Waals surface area contributed by atoms with Gasteiger partial charge in [0.1, 0.15) is 0 Å². The molecule has 0 saturated heterocycles.